The number of rotatable bonds is 5. The van der Waals surface area contributed by atoms with Crippen LogP contribution in [0.3, 0.4) is 0 Å². The topological polar surface area (TPSA) is 96.3 Å². The summed E-state index contributed by atoms with van der Waals surface area (Å²) < 4.78 is 12.4. The van der Waals surface area contributed by atoms with Gasteiger partial charge in [-0.05, 0) is 43.9 Å². The third-order valence-electron chi connectivity index (χ3n) is 8.82. The molecule has 2 amide bonds. The highest BCUT2D eigenvalue weighted by atomic mass is 16.6. The van der Waals surface area contributed by atoms with Crippen molar-refractivity contribution in [2.75, 3.05) is 6.61 Å². The second-order valence-electron chi connectivity index (χ2n) is 10.8. The van der Waals surface area contributed by atoms with Crippen LogP contribution in [0.5, 0.6) is 11.5 Å². The van der Waals surface area contributed by atoms with Crippen LogP contribution in [0.4, 0.5) is 0 Å². The number of hydrogen-bond acceptors (Lipinski definition) is 6. The first-order valence-corrected chi connectivity index (χ1v) is 13.2. The zero-order chi connectivity index (χ0) is 24.9. The maximum atomic E-state index is 13.8. The van der Waals surface area contributed by atoms with E-state index in [0.29, 0.717) is 24.2 Å². The maximum absolute atomic E-state index is 13.8. The molecule has 4 aliphatic rings. The Morgan fingerprint density at radius 2 is 1.67 bits per heavy atom. The van der Waals surface area contributed by atoms with Gasteiger partial charge in [-0.2, -0.15) is 0 Å². The van der Waals surface area contributed by atoms with E-state index in [4.69, 9.17) is 9.47 Å². The normalized spacial score (nSPS) is 34.5. The lowest BCUT2D eigenvalue weighted by Gasteiger charge is -2.44. The number of likely N-dealkylation sites (tertiary alicyclic amines) is 1. The minimum atomic E-state index is -1.64. The molecular weight excluding hydrogens is 458 g/mol. The van der Waals surface area contributed by atoms with E-state index in [1.54, 1.807) is 18.2 Å². The summed E-state index contributed by atoms with van der Waals surface area (Å²) in [4.78, 5) is 29.0. The highest BCUT2D eigenvalue weighted by Crippen LogP contribution is 2.59. The van der Waals surface area contributed by atoms with Crippen LogP contribution < -0.4 is 4.74 Å². The van der Waals surface area contributed by atoms with Gasteiger partial charge in [0, 0.05) is 23.4 Å². The fourth-order valence-corrected chi connectivity index (χ4v) is 7.07. The van der Waals surface area contributed by atoms with Gasteiger partial charge in [-0.15, -0.1) is 0 Å². The van der Waals surface area contributed by atoms with Crippen molar-refractivity contribution in [2.45, 2.75) is 62.9 Å². The first-order chi connectivity index (χ1) is 17.5. The predicted octanol–water partition coefficient (Wildman–Crippen LogP) is 4.19. The van der Waals surface area contributed by atoms with Gasteiger partial charge in [0.15, 0.2) is 5.79 Å². The first-order valence-electron chi connectivity index (χ1n) is 13.2. The number of amides is 2. The Hall–Kier alpha value is -2.90. The Bertz CT molecular complexity index is 1130. The second kappa shape index (κ2) is 9.20. The molecule has 0 radical (unpaired) electrons. The summed E-state index contributed by atoms with van der Waals surface area (Å²) in [6, 6.07) is 16.2. The molecule has 0 spiro atoms. The average Bonchev–Trinajstić information content (AvgIpc) is 3.37. The first kappa shape index (κ1) is 23.5. The molecule has 2 saturated carbocycles. The molecule has 2 aromatic carbocycles. The summed E-state index contributed by atoms with van der Waals surface area (Å²) in [7, 11) is 0. The Morgan fingerprint density at radius 3 is 2.42 bits per heavy atom. The number of nitrogens with zero attached hydrogens (tertiary/aromatic N) is 1. The molecule has 36 heavy (non-hydrogen) atoms. The van der Waals surface area contributed by atoms with Crippen LogP contribution in [0.15, 0.2) is 54.6 Å². The third kappa shape index (κ3) is 3.80. The van der Waals surface area contributed by atoms with E-state index in [2.05, 4.69) is 0 Å². The van der Waals surface area contributed by atoms with Gasteiger partial charge in [0.2, 0.25) is 11.8 Å². The lowest BCUT2D eigenvalue weighted by Crippen LogP contribution is -2.55. The number of aromatic hydroxyl groups is 1. The molecule has 2 heterocycles. The fraction of sp³-hybridized carbons (Fsp3) is 0.517. The van der Waals surface area contributed by atoms with Gasteiger partial charge in [-0.1, -0.05) is 55.7 Å². The smallest absolute Gasteiger partial charge is 0.233 e. The molecule has 7 nitrogen and oxygen atoms in total. The zero-order valence-electron chi connectivity index (χ0n) is 20.3. The molecular formula is C29H33NO6. The molecule has 0 unspecified atom stereocenters. The SMILES string of the molecule is O=C1[C@H]2[C@H](C[C@H](COc3ccccc3)[C@@]3(O)O[C@H](c4ccccc4O)C[C@@H]23)C(=O)N1C1CCCCC1. The predicted molar refractivity (Wildman–Crippen MR) is 131 cm³/mol. The number of carbonyl (C=O) groups excluding carboxylic acids is 2. The van der Waals surface area contributed by atoms with Crippen LogP contribution >= 0.6 is 0 Å². The molecule has 2 N–H and O–H groups in total. The molecule has 2 saturated heterocycles. The number of carbonyl (C=O) groups is 2. The molecule has 7 heteroatoms. The molecule has 2 aromatic rings. The van der Waals surface area contributed by atoms with Crippen molar-refractivity contribution in [1.82, 2.24) is 4.90 Å². The summed E-state index contributed by atoms with van der Waals surface area (Å²) in [5.41, 5.74) is 0.584. The number of benzene rings is 2. The lowest BCUT2D eigenvalue weighted by molar-refractivity contribution is -0.272. The number of imide groups is 1. The molecule has 190 valence electrons. The molecule has 0 bridgehead atoms. The Labute approximate surface area is 211 Å². The Morgan fingerprint density at radius 1 is 0.944 bits per heavy atom. The fourth-order valence-electron chi connectivity index (χ4n) is 7.07. The third-order valence-corrected chi connectivity index (χ3v) is 8.82. The quantitative estimate of drug-likeness (QED) is 0.609. The summed E-state index contributed by atoms with van der Waals surface area (Å²) in [6.45, 7) is 0.165. The highest BCUT2D eigenvalue weighted by molar-refractivity contribution is 6.05. The van der Waals surface area contributed by atoms with Crippen molar-refractivity contribution >= 4 is 11.8 Å². The number of fused-ring (bicyclic) bond motifs is 3. The molecule has 2 aliphatic heterocycles. The van der Waals surface area contributed by atoms with Crippen molar-refractivity contribution in [1.29, 1.82) is 0 Å². The summed E-state index contributed by atoms with van der Waals surface area (Å²) in [5, 5.41) is 22.5. The highest BCUT2D eigenvalue weighted by Gasteiger charge is 2.67. The van der Waals surface area contributed by atoms with E-state index in [1.165, 1.54) is 4.90 Å². The van der Waals surface area contributed by atoms with Crippen LogP contribution in [0.25, 0.3) is 0 Å². The Balaban J connectivity index is 1.33. The number of phenols is 1. The maximum Gasteiger partial charge on any atom is 0.233 e. The van der Waals surface area contributed by atoms with Crippen LogP contribution in [0.2, 0.25) is 0 Å². The van der Waals surface area contributed by atoms with E-state index in [9.17, 15) is 19.8 Å². The lowest BCUT2D eigenvalue weighted by atomic mass is 9.64. The van der Waals surface area contributed by atoms with Gasteiger partial charge in [-0.3, -0.25) is 14.5 Å². The zero-order valence-corrected chi connectivity index (χ0v) is 20.3. The van der Waals surface area contributed by atoms with Crippen LogP contribution in [-0.4, -0.2) is 45.4 Å². The Kier molecular flexibility index (Phi) is 6.00. The monoisotopic (exact) mass is 491 g/mol. The number of ether oxygens (including phenoxy) is 2. The van der Waals surface area contributed by atoms with E-state index in [0.717, 1.165) is 32.1 Å². The van der Waals surface area contributed by atoms with Crippen molar-refractivity contribution in [3.05, 3.63) is 60.2 Å². The van der Waals surface area contributed by atoms with Crippen molar-refractivity contribution in [3.8, 4) is 11.5 Å². The van der Waals surface area contributed by atoms with Gasteiger partial charge >= 0.3 is 0 Å². The molecule has 4 fully saturated rings. The molecule has 0 aromatic heterocycles. The van der Waals surface area contributed by atoms with Gasteiger partial charge in [0.05, 0.1) is 24.5 Å². The van der Waals surface area contributed by atoms with E-state index in [1.807, 2.05) is 36.4 Å². The molecule has 6 rings (SSSR count). The average molecular weight is 492 g/mol. The number of aliphatic hydroxyl groups is 1. The summed E-state index contributed by atoms with van der Waals surface area (Å²) in [6.07, 6.45) is 4.99. The summed E-state index contributed by atoms with van der Waals surface area (Å²) in [5.74, 6) is -3.30. The van der Waals surface area contributed by atoms with Gasteiger partial charge in [0.1, 0.15) is 11.5 Å². The van der Waals surface area contributed by atoms with Gasteiger partial charge in [0.25, 0.3) is 0 Å². The minimum absolute atomic E-state index is 0.0484. The van der Waals surface area contributed by atoms with Crippen molar-refractivity contribution < 1.29 is 29.3 Å². The number of phenolic OH excluding ortho intramolecular Hbond substituents is 1. The second-order valence-corrected chi connectivity index (χ2v) is 10.8. The minimum Gasteiger partial charge on any atom is -0.508 e. The van der Waals surface area contributed by atoms with Crippen LogP contribution in [-0.2, 0) is 14.3 Å². The van der Waals surface area contributed by atoms with Crippen molar-refractivity contribution in [3.63, 3.8) is 0 Å². The van der Waals surface area contributed by atoms with Gasteiger partial charge < -0.3 is 19.7 Å². The van der Waals surface area contributed by atoms with E-state index < -0.39 is 35.6 Å². The van der Waals surface area contributed by atoms with Crippen LogP contribution in [0.1, 0.15) is 56.6 Å². The van der Waals surface area contributed by atoms with Crippen molar-refractivity contribution in [2.24, 2.45) is 23.7 Å². The molecule has 2 aliphatic carbocycles. The molecule has 6 atom stereocenters. The van der Waals surface area contributed by atoms with Gasteiger partial charge in [-0.25, -0.2) is 0 Å². The summed E-state index contributed by atoms with van der Waals surface area (Å²) >= 11 is 0. The number of hydrogen-bond donors (Lipinski definition) is 2. The largest absolute Gasteiger partial charge is 0.508 e. The van der Waals surface area contributed by atoms with Crippen LogP contribution in [0, 0.1) is 23.7 Å². The standard InChI is InChI=1S/C29H33NO6/c31-24-14-8-7-13-21(24)25-16-23-26-22(27(32)30(28(26)33)19-9-3-1-4-10-19)15-18(29(23,34)36-25)17-35-20-11-5-2-6-12-20/h2,5-8,11-14,18-19,22-23,25-26,31,34H,1,3-4,9-10,15-17H2/t18-,22+,23+,25+,26+,29-/m1/s1. The van der Waals surface area contributed by atoms with E-state index >= 15 is 0 Å². The van der Waals surface area contributed by atoms with E-state index in [-0.39, 0.29) is 30.2 Å². The number of para-hydroxylation sites is 2.